The van der Waals surface area contributed by atoms with Crippen molar-refractivity contribution in [2.75, 3.05) is 6.54 Å². The minimum absolute atomic E-state index is 0.0308. The van der Waals surface area contributed by atoms with Crippen LogP contribution in [-0.2, 0) is 11.8 Å². The minimum atomic E-state index is -0.211. The van der Waals surface area contributed by atoms with E-state index in [1.165, 1.54) is 22.4 Å². The molecular weight excluding hydrogens is 298 g/mol. The average molecular weight is 325 g/mol. The van der Waals surface area contributed by atoms with Crippen molar-refractivity contribution in [2.45, 2.75) is 57.4 Å². The smallest absolute Gasteiger partial charge is 0.254 e. The predicted octanol–water partition coefficient (Wildman–Crippen LogP) is 2.51. The van der Waals surface area contributed by atoms with Gasteiger partial charge in [-0.3, -0.25) is 14.2 Å². The molecule has 0 aliphatic rings. The van der Waals surface area contributed by atoms with Crippen LogP contribution in [0.3, 0.4) is 0 Å². The van der Waals surface area contributed by atoms with Crippen LogP contribution in [0, 0.1) is 12.8 Å². The van der Waals surface area contributed by atoms with Gasteiger partial charge < -0.3 is 5.32 Å². The molecule has 124 valence electrons. The third kappa shape index (κ3) is 5.83. The summed E-state index contributed by atoms with van der Waals surface area (Å²) in [5.41, 5.74) is 0.589. The fourth-order valence-corrected chi connectivity index (χ4v) is 3.21. The molecule has 0 saturated carbocycles. The van der Waals surface area contributed by atoms with Crippen LogP contribution >= 0.6 is 11.8 Å². The Bertz CT molecular complexity index is 555. The molecular formula is C16H27N3O2S. The van der Waals surface area contributed by atoms with Gasteiger partial charge in [-0.15, -0.1) is 0 Å². The van der Waals surface area contributed by atoms with Crippen molar-refractivity contribution < 1.29 is 4.79 Å². The molecule has 1 unspecified atom stereocenters. The van der Waals surface area contributed by atoms with Crippen LogP contribution in [0.2, 0.25) is 0 Å². The highest BCUT2D eigenvalue weighted by molar-refractivity contribution is 8.00. The minimum Gasteiger partial charge on any atom is -0.355 e. The second-order valence-corrected chi connectivity index (χ2v) is 7.12. The zero-order valence-corrected chi connectivity index (χ0v) is 15.0. The zero-order chi connectivity index (χ0) is 16.7. The van der Waals surface area contributed by atoms with E-state index in [-0.39, 0.29) is 16.7 Å². The van der Waals surface area contributed by atoms with E-state index in [9.17, 15) is 9.59 Å². The van der Waals surface area contributed by atoms with Crippen LogP contribution in [0.15, 0.2) is 16.0 Å². The van der Waals surface area contributed by atoms with Gasteiger partial charge in [-0.2, -0.15) is 0 Å². The molecule has 1 N–H and O–H groups in total. The van der Waals surface area contributed by atoms with Crippen molar-refractivity contribution >= 4 is 17.7 Å². The molecule has 1 aromatic rings. The topological polar surface area (TPSA) is 64.0 Å². The molecule has 1 rings (SSSR count). The van der Waals surface area contributed by atoms with Gasteiger partial charge in [0.05, 0.1) is 5.25 Å². The summed E-state index contributed by atoms with van der Waals surface area (Å²) in [5.74, 6) is 0.597. The summed E-state index contributed by atoms with van der Waals surface area (Å²) in [6.07, 6.45) is 2.65. The van der Waals surface area contributed by atoms with Crippen molar-refractivity contribution in [3.63, 3.8) is 0 Å². The Morgan fingerprint density at radius 3 is 2.68 bits per heavy atom. The van der Waals surface area contributed by atoms with Crippen molar-refractivity contribution in [3.05, 3.63) is 22.1 Å². The number of hydrogen-bond donors (Lipinski definition) is 1. The molecule has 22 heavy (non-hydrogen) atoms. The number of aryl methyl sites for hydroxylation is 1. The van der Waals surface area contributed by atoms with E-state index in [0.717, 1.165) is 19.3 Å². The monoisotopic (exact) mass is 325 g/mol. The standard InChI is InChI=1S/C16H27N3O2S/c1-6-7-13(15(21)17-9-8-11(2)3)22-16-18-12(4)10-14(20)19(16)5/h10-11,13H,6-9H2,1-5H3,(H,17,21). The lowest BCUT2D eigenvalue weighted by Gasteiger charge is -2.17. The van der Waals surface area contributed by atoms with Gasteiger partial charge in [-0.05, 0) is 25.7 Å². The summed E-state index contributed by atoms with van der Waals surface area (Å²) in [5, 5.41) is 3.38. The quantitative estimate of drug-likeness (QED) is 0.589. The summed E-state index contributed by atoms with van der Waals surface area (Å²) >= 11 is 1.37. The van der Waals surface area contributed by atoms with Gasteiger partial charge in [0.2, 0.25) is 5.91 Å². The van der Waals surface area contributed by atoms with E-state index in [2.05, 4.69) is 31.1 Å². The fourth-order valence-electron chi connectivity index (χ4n) is 1.96. The highest BCUT2D eigenvalue weighted by Gasteiger charge is 2.21. The van der Waals surface area contributed by atoms with Crippen LogP contribution in [0.1, 0.15) is 45.7 Å². The largest absolute Gasteiger partial charge is 0.355 e. The zero-order valence-electron chi connectivity index (χ0n) is 14.2. The van der Waals surface area contributed by atoms with Crippen LogP contribution in [0.5, 0.6) is 0 Å². The highest BCUT2D eigenvalue weighted by atomic mass is 32.2. The van der Waals surface area contributed by atoms with E-state index in [1.54, 1.807) is 14.0 Å². The van der Waals surface area contributed by atoms with Gasteiger partial charge in [0.15, 0.2) is 5.16 Å². The van der Waals surface area contributed by atoms with Crippen molar-refractivity contribution in [2.24, 2.45) is 13.0 Å². The normalized spacial score (nSPS) is 12.5. The summed E-state index contributed by atoms with van der Waals surface area (Å²) in [4.78, 5) is 28.6. The first kappa shape index (κ1) is 18.7. The third-order valence-electron chi connectivity index (χ3n) is 3.33. The molecule has 0 aliphatic carbocycles. The lowest BCUT2D eigenvalue weighted by atomic mass is 10.1. The Balaban J connectivity index is 2.79. The summed E-state index contributed by atoms with van der Waals surface area (Å²) < 4.78 is 1.50. The van der Waals surface area contributed by atoms with Gasteiger partial charge in [0, 0.05) is 25.4 Å². The lowest BCUT2D eigenvalue weighted by Crippen LogP contribution is -2.34. The maximum absolute atomic E-state index is 12.4. The van der Waals surface area contributed by atoms with Gasteiger partial charge in [0.25, 0.3) is 5.56 Å². The average Bonchev–Trinajstić information content (AvgIpc) is 2.43. The van der Waals surface area contributed by atoms with Gasteiger partial charge >= 0.3 is 0 Å². The molecule has 1 atom stereocenters. The van der Waals surface area contributed by atoms with E-state index in [0.29, 0.717) is 23.3 Å². The van der Waals surface area contributed by atoms with E-state index < -0.39 is 0 Å². The number of rotatable bonds is 8. The number of nitrogens with zero attached hydrogens (tertiary/aromatic N) is 2. The van der Waals surface area contributed by atoms with Crippen LogP contribution < -0.4 is 10.9 Å². The van der Waals surface area contributed by atoms with Crippen molar-refractivity contribution in [1.29, 1.82) is 0 Å². The second-order valence-electron chi connectivity index (χ2n) is 5.95. The van der Waals surface area contributed by atoms with E-state index in [1.807, 2.05) is 0 Å². The number of carbonyl (C=O) groups excluding carboxylic acids is 1. The fraction of sp³-hybridized carbons (Fsp3) is 0.688. The van der Waals surface area contributed by atoms with Gasteiger partial charge in [-0.1, -0.05) is 39.0 Å². The number of nitrogens with one attached hydrogen (secondary N) is 1. The summed E-state index contributed by atoms with van der Waals surface area (Å²) in [7, 11) is 1.69. The first-order valence-electron chi connectivity index (χ1n) is 7.84. The molecule has 0 radical (unpaired) electrons. The van der Waals surface area contributed by atoms with Crippen molar-refractivity contribution in [3.8, 4) is 0 Å². The molecule has 0 saturated heterocycles. The van der Waals surface area contributed by atoms with Crippen LogP contribution in [0.25, 0.3) is 0 Å². The predicted molar refractivity (Wildman–Crippen MR) is 91.2 cm³/mol. The van der Waals surface area contributed by atoms with E-state index >= 15 is 0 Å². The Morgan fingerprint density at radius 2 is 2.09 bits per heavy atom. The number of aromatic nitrogens is 2. The van der Waals surface area contributed by atoms with Crippen molar-refractivity contribution in [1.82, 2.24) is 14.9 Å². The molecule has 1 aromatic heterocycles. The Kier molecular flexibility index (Phi) is 7.65. The maximum atomic E-state index is 12.4. The van der Waals surface area contributed by atoms with Gasteiger partial charge in [-0.25, -0.2) is 4.98 Å². The maximum Gasteiger partial charge on any atom is 0.254 e. The van der Waals surface area contributed by atoms with E-state index in [4.69, 9.17) is 0 Å². The molecule has 0 fully saturated rings. The van der Waals surface area contributed by atoms with Gasteiger partial charge in [0.1, 0.15) is 0 Å². The van der Waals surface area contributed by atoms with Crippen LogP contribution in [-0.4, -0.2) is 27.3 Å². The Hall–Kier alpha value is -1.30. The SMILES string of the molecule is CCCC(Sc1nc(C)cc(=O)n1C)C(=O)NCCC(C)C. The first-order chi connectivity index (χ1) is 10.3. The molecule has 0 spiro atoms. The number of carbonyl (C=O) groups is 1. The molecule has 1 amide bonds. The number of thioether (sulfide) groups is 1. The lowest BCUT2D eigenvalue weighted by molar-refractivity contribution is -0.120. The molecule has 5 nitrogen and oxygen atoms in total. The molecule has 0 bridgehead atoms. The molecule has 0 aliphatic heterocycles. The number of amides is 1. The third-order valence-corrected chi connectivity index (χ3v) is 4.64. The Morgan fingerprint density at radius 1 is 1.41 bits per heavy atom. The number of hydrogen-bond acceptors (Lipinski definition) is 4. The molecule has 1 heterocycles. The first-order valence-corrected chi connectivity index (χ1v) is 8.72. The summed E-state index contributed by atoms with van der Waals surface area (Å²) in [6.45, 7) is 8.81. The molecule has 6 heteroatoms. The highest BCUT2D eigenvalue weighted by Crippen LogP contribution is 2.24. The van der Waals surface area contributed by atoms with Crippen LogP contribution in [0.4, 0.5) is 0 Å². The Labute approximate surface area is 136 Å². The molecule has 0 aromatic carbocycles. The summed E-state index contributed by atoms with van der Waals surface area (Å²) in [6, 6.07) is 1.50. The second kappa shape index (κ2) is 8.98.